The van der Waals surface area contributed by atoms with Crippen LogP contribution in [0.3, 0.4) is 0 Å². The van der Waals surface area contributed by atoms with E-state index >= 15 is 0 Å². The van der Waals surface area contributed by atoms with Gasteiger partial charge in [0.25, 0.3) is 0 Å². The number of nitrogens with zero attached hydrogens (tertiary/aromatic N) is 2. The molecule has 6 heteroatoms. The molecular formula is C14H19N3O2S. The van der Waals surface area contributed by atoms with Gasteiger partial charge in [0.15, 0.2) is 9.84 Å². The van der Waals surface area contributed by atoms with Crippen LogP contribution in [0.1, 0.15) is 37.9 Å². The third-order valence-electron chi connectivity index (χ3n) is 3.36. The molecule has 0 bridgehead atoms. The fraction of sp³-hybridized carbons (Fsp3) is 0.429. The minimum Gasteiger partial charge on any atom is -0.223 e. The zero-order valence-electron chi connectivity index (χ0n) is 11.9. The summed E-state index contributed by atoms with van der Waals surface area (Å²) in [5.41, 5.74) is 1.87. The number of hydrogen-bond acceptors (Lipinski definition) is 4. The number of benzene rings is 1. The van der Waals surface area contributed by atoms with Gasteiger partial charge in [-0.2, -0.15) is 15.4 Å². The summed E-state index contributed by atoms with van der Waals surface area (Å²) in [4.78, 5) is 0.386. The highest BCUT2D eigenvalue weighted by Gasteiger charge is 2.20. The van der Waals surface area contributed by atoms with Gasteiger partial charge in [0.05, 0.1) is 22.0 Å². The van der Waals surface area contributed by atoms with E-state index in [1.165, 1.54) is 0 Å². The van der Waals surface area contributed by atoms with Gasteiger partial charge >= 0.3 is 0 Å². The Morgan fingerprint density at radius 3 is 2.60 bits per heavy atom. The summed E-state index contributed by atoms with van der Waals surface area (Å²) < 4.78 is 24.4. The molecule has 0 amide bonds. The van der Waals surface area contributed by atoms with E-state index < -0.39 is 15.1 Å². The molecule has 0 aliphatic rings. The van der Waals surface area contributed by atoms with Crippen LogP contribution in [0.5, 0.6) is 0 Å². The normalized spacial score (nSPS) is 13.6. The standard InChI is InChI=1S/C14H19N3O2S/c1-10(2)20(18,19)14-6-4-5-12(8-14)11(3)7-13-9-15-17-16-13/h4-6,8-11H,7H2,1-3H3,(H,15,16,17). The maximum Gasteiger partial charge on any atom is 0.180 e. The summed E-state index contributed by atoms with van der Waals surface area (Å²) in [5, 5.41) is 9.97. The van der Waals surface area contributed by atoms with E-state index in [2.05, 4.69) is 22.3 Å². The van der Waals surface area contributed by atoms with Crippen LogP contribution in [0.4, 0.5) is 0 Å². The van der Waals surface area contributed by atoms with Crippen LogP contribution in [0.15, 0.2) is 35.4 Å². The molecule has 1 unspecified atom stereocenters. The Hall–Kier alpha value is -1.69. The molecule has 1 aromatic heterocycles. The van der Waals surface area contributed by atoms with E-state index in [1.54, 1.807) is 38.2 Å². The number of aromatic amines is 1. The van der Waals surface area contributed by atoms with Crippen molar-refractivity contribution in [2.75, 3.05) is 0 Å². The van der Waals surface area contributed by atoms with E-state index in [-0.39, 0.29) is 5.92 Å². The Labute approximate surface area is 119 Å². The van der Waals surface area contributed by atoms with Crippen molar-refractivity contribution in [2.24, 2.45) is 0 Å². The van der Waals surface area contributed by atoms with Gasteiger partial charge in [-0.15, -0.1) is 0 Å². The van der Waals surface area contributed by atoms with Crippen LogP contribution in [-0.2, 0) is 16.3 Å². The topological polar surface area (TPSA) is 75.7 Å². The first-order valence-corrected chi connectivity index (χ1v) is 8.14. The number of nitrogens with one attached hydrogen (secondary N) is 1. The van der Waals surface area contributed by atoms with E-state index in [9.17, 15) is 8.42 Å². The van der Waals surface area contributed by atoms with Crippen molar-refractivity contribution in [1.82, 2.24) is 15.4 Å². The van der Waals surface area contributed by atoms with E-state index in [4.69, 9.17) is 0 Å². The molecule has 108 valence electrons. The number of hydrogen-bond donors (Lipinski definition) is 1. The van der Waals surface area contributed by atoms with Crippen molar-refractivity contribution >= 4 is 9.84 Å². The fourth-order valence-electron chi connectivity index (χ4n) is 2.03. The van der Waals surface area contributed by atoms with Crippen LogP contribution in [0.25, 0.3) is 0 Å². The van der Waals surface area contributed by atoms with Crippen molar-refractivity contribution in [3.63, 3.8) is 0 Å². The molecule has 2 rings (SSSR count). The third kappa shape index (κ3) is 3.07. The Bertz CT molecular complexity index is 663. The van der Waals surface area contributed by atoms with Gasteiger partial charge in [0.1, 0.15) is 0 Å². The van der Waals surface area contributed by atoms with E-state index in [0.29, 0.717) is 4.90 Å². The van der Waals surface area contributed by atoms with E-state index in [1.807, 2.05) is 6.07 Å². The van der Waals surface area contributed by atoms with E-state index in [0.717, 1.165) is 17.7 Å². The van der Waals surface area contributed by atoms with Crippen molar-refractivity contribution < 1.29 is 8.42 Å². The maximum absolute atomic E-state index is 12.2. The highest BCUT2D eigenvalue weighted by atomic mass is 32.2. The molecule has 0 aliphatic heterocycles. The van der Waals surface area contributed by atoms with Crippen LogP contribution in [0, 0.1) is 0 Å². The summed E-state index contributed by atoms with van der Waals surface area (Å²) in [6.07, 6.45) is 2.41. The highest BCUT2D eigenvalue weighted by molar-refractivity contribution is 7.92. The molecule has 1 heterocycles. The largest absolute Gasteiger partial charge is 0.223 e. The van der Waals surface area contributed by atoms with Gasteiger partial charge < -0.3 is 0 Å². The molecule has 5 nitrogen and oxygen atoms in total. The third-order valence-corrected chi connectivity index (χ3v) is 5.51. The molecule has 0 radical (unpaired) electrons. The summed E-state index contributed by atoms with van der Waals surface area (Å²) in [6, 6.07) is 7.16. The molecular weight excluding hydrogens is 274 g/mol. The highest BCUT2D eigenvalue weighted by Crippen LogP contribution is 2.24. The van der Waals surface area contributed by atoms with Gasteiger partial charge in [0, 0.05) is 0 Å². The second-order valence-electron chi connectivity index (χ2n) is 5.23. The fourth-order valence-corrected chi connectivity index (χ4v) is 3.14. The summed E-state index contributed by atoms with van der Waals surface area (Å²) in [7, 11) is -3.23. The number of rotatable bonds is 5. The van der Waals surface area contributed by atoms with Gasteiger partial charge in [0.2, 0.25) is 0 Å². The molecule has 1 aromatic carbocycles. The molecule has 1 N–H and O–H groups in total. The van der Waals surface area contributed by atoms with Crippen molar-refractivity contribution in [2.45, 2.75) is 43.3 Å². The molecule has 0 saturated heterocycles. The first-order chi connectivity index (χ1) is 9.41. The average molecular weight is 293 g/mol. The minimum atomic E-state index is -3.23. The molecule has 0 saturated carbocycles. The lowest BCUT2D eigenvalue weighted by atomic mass is 9.97. The molecule has 2 aromatic rings. The maximum atomic E-state index is 12.2. The molecule has 0 spiro atoms. The van der Waals surface area contributed by atoms with Crippen LogP contribution >= 0.6 is 0 Å². The lowest BCUT2D eigenvalue weighted by Crippen LogP contribution is -2.14. The smallest absolute Gasteiger partial charge is 0.180 e. The predicted octanol–water partition coefficient (Wildman–Crippen LogP) is 2.33. The zero-order chi connectivity index (χ0) is 14.8. The Balaban J connectivity index is 2.26. The first-order valence-electron chi connectivity index (χ1n) is 6.59. The minimum absolute atomic E-state index is 0.183. The van der Waals surface area contributed by atoms with Crippen molar-refractivity contribution in [1.29, 1.82) is 0 Å². The lowest BCUT2D eigenvalue weighted by Gasteiger charge is -2.13. The Kier molecular flexibility index (Phi) is 4.23. The van der Waals surface area contributed by atoms with Crippen molar-refractivity contribution in [3.8, 4) is 0 Å². The quantitative estimate of drug-likeness (QED) is 0.918. The molecule has 20 heavy (non-hydrogen) atoms. The van der Waals surface area contributed by atoms with Crippen LogP contribution in [0.2, 0.25) is 0 Å². The van der Waals surface area contributed by atoms with Crippen LogP contribution < -0.4 is 0 Å². The summed E-state index contributed by atoms with van der Waals surface area (Å²) in [5.74, 6) is 0.183. The summed E-state index contributed by atoms with van der Waals surface area (Å²) >= 11 is 0. The van der Waals surface area contributed by atoms with Gasteiger partial charge in [-0.3, -0.25) is 0 Å². The molecule has 0 fully saturated rings. The second kappa shape index (κ2) is 5.75. The van der Waals surface area contributed by atoms with Crippen molar-refractivity contribution in [3.05, 3.63) is 41.7 Å². The average Bonchev–Trinajstić information content (AvgIpc) is 2.91. The number of aromatic nitrogens is 3. The SMILES string of the molecule is CC(Cc1cn[nH]n1)c1cccc(S(=O)(=O)C(C)C)c1. The van der Waals surface area contributed by atoms with Gasteiger partial charge in [-0.1, -0.05) is 19.1 Å². The molecule has 1 atom stereocenters. The predicted molar refractivity (Wildman–Crippen MR) is 77.3 cm³/mol. The van der Waals surface area contributed by atoms with Gasteiger partial charge in [-0.25, -0.2) is 8.42 Å². The Morgan fingerprint density at radius 2 is 2.00 bits per heavy atom. The summed E-state index contributed by atoms with van der Waals surface area (Å²) in [6.45, 7) is 5.44. The lowest BCUT2D eigenvalue weighted by molar-refractivity contribution is 0.587. The first kappa shape index (κ1) is 14.7. The second-order valence-corrected chi connectivity index (χ2v) is 7.74. The molecule has 0 aliphatic carbocycles. The Morgan fingerprint density at radius 1 is 1.25 bits per heavy atom. The zero-order valence-corrected chi connectivity index (χ0v) is 12.7. The monoisotopic (exact) mass is 293 g/mol. The van der Waals surface area contributed by atoms with Gasteiger partial charge in [-0.05, 0) is 43.9 Å². The van der Waals surface area contributed by atoms with Crippen LogP contribution in [-0.4, -0.2) is 29.1 Å². The number of sulfone groups is 1. The number of H-pyrrole nitrogens is 1.